The molecule has 1 aromatic heterocycles. The van der Waals surface area contributed by atoms with E-state index in [2.05, 4.69) is 5.32 Å². The maximum Gasteiger partial charge on any atom is 0.254 e. The highest BCUT2D eigenvalue weighted by Crippen LogP contribution is 2.31. The largest absolute Gasteiger partial charge is 0.461 e. The molecule has 1 aliphatic rings. The summed E-state index contributed by atoms with van der Waals surface area (Å²) in [4.78, 5) is 26.5. The van der Waals surface area contributed by atoms with Crippen molar-refractivity contribution >= 4 is 17.5 Å². The average Bonchev–Trinajstić information content (AvgIpc) is 3.16. The Morgan fingerprint density at radius 3 is 2.71 bits per heavy atom. The lowest BCUT2D eigenvalue weighted by molar-refractivity contribution is -0.116. The number of nitrogens with one attached hydrogen (secondary N) is 1. The normalized spacial score (nSPS) is 13.2. The number of anilines is 1. The third kappa shape index (κ3) is 4.85. The summed E-state index contributed by atoms with van der Waals surface area (Å²) in [7, 11) is 0. The van der Waals surface area contributed by atoms with E-state index < -0.39 is 5.82 Å². The number of carbonyl (C=O) groups is 2. The third-order valence-corrected chi connectivity index (χ3v) is 5.25. The second-order valence-corrected chi connectivity index (χ2v) is 8.27. The van der Waals surface area contributed by atoms with E-state index >= 15 is 0 Å². The maximum atomic E-state index is 13.5. The Kier molecular flexibility index (Phi) is 5.89. The van der Waals surface area contributed by atoms with E-state index in [1.165, 1.54) is 12.1 Å². The van der Waals surface area contributed by atoms with Crippen molar-refractivity contribution in [3.05, 3.63) is 77.3 Å². The van der Waals surface area contributed by atoms with Gasteiger partial charge in [-0.25, -0.2) is 4.39 Å². The summed E-state index contributed by atoms with van der Waals surface area (Å²) in [5.41, 5.74) is 2.87. The number of carbonyl (C=O) groups excluding carboxylic acids is 2. The van der Waals surface area contributed by atoms with Gasteiger partial charge in [-0.05, 0) is 42.3 Å². The van der Waals surface area contributed by atoms with Crippen LogP contribution in [0.1, 0.15) is 41.9 Å². The lowest BCUT2D eigenvalue weighted by atomic mass is 10.1. The molecule has 0 atom stereocenters. The van der Waals surface area contributed by atoms with Crippen molar-refractivity contribution in [1.29, 1.82) is 0 Å². The summed E-state index contributed by atoms with van der Waals surface area (Å²) < 4.78 is 19.5. The van der Waals surface area contributed by atoms with Crippen LogP contribution in [0.2, 0.25) is 0 Å². The number of rotatable bonds is 5. The number of benzene rings is 2. The van der Waals surface area contributed by atoms with E-state index in [1.807, 2.05) is 44.2 Å². The van der Waals surface area contributed by atoms with Crippen molar-refractivity contribution in [1.82, 2.24) is 4.90 Å². The minimum atomic E-state index is -0.422. The summed E-state index contributed by atoms with van der Waals surface area (Å²) in [5.74, 6) is 1.21. The Morgan fingerprint density at radius 2 is 1.94 bits per heavy atom. The van der Waals surface area contributed by atoms with Gasteiger partial charge >= 0.3 is 0 Å². The molecule has 2 aromatic carbocycles. The molecule has 0 spiro atoms. The van der Waals surface area contributed by atoms with Crippen LogP contribution in [0.3, 0.4) is 0 Å². The van der Waals surface area contributed by atoms with Crippen LogP contribution < -0.4 is 5.32 Å². The second-order valence-electron chi connectivity index (χ2n) is 8.27. The number of halogens is 1. The van der Waals surface area contributed by atoms with Gasteiger partial charge in [0.05, 0.1) is 0 Å². The monoisotopic (exact) mass is 420 g/mol. The standard InChI is InChI=1S/C25H25FN2O3/c1-16(2)11-24(29)27-21-8-4-5-17(13-21)23-14-19-15-28(10-9-22(19)31-23)25(30)18-6-3-7-20(26)12-18/h3-8,12-14,16H,9-11,15H2,1-2H3,(H,27,29). The Labute approximate surface area is 180 Å². The quantitative estimate of drug-likeness (QED) is 0.612. The van der Waals surface area contributed by atoms with Gasteiger partial charge in [-0.2, -0.15) is 0 Å². The third-order valence-electron chi connectivity index (χ3n) is 5.25. The zero-order valence-electron chi connectivity index (χ0n) is 17.7. The van der Waals surface area contributed by atoms with E-state index in [-0.39, 0.29) is 17.7 Å². The SMILES string of the molecule is CC(C)CC(=O)Nc1cccc(-c2cc3c(o2)CCN(C(=O)c2cccc(F)c2)C3)c1. The molecule has 1 aliphatic heterocycles. The predicted octanol–water partition coefficient (Wildman–Crippen LogP) is 5.27. The highest BCUT2D eigenvalue weighted by molar-refractivity contribution is 5.94. The van der Waals surface area contributed by atoms with Crippen LogP contribution in [-0.2, 0) is 17.8 Å². The highest BCUT2D eigenvalue weighted by atomic mass is 19.1. The summed E-state index contributed by atoms with van der Waals surface area (Å²) in [6.45, 7) is 4.94. The van der Waals surface area contributed by atoms with E-state index in [9.17, 15) is 14.0 Å². The van der Waals surface area contributed by atoms with Crippen molar-refractivity contribution in [3.8, 4) is 11.3 Å². The lowest BCUT2D eigenvalue weighted by Gasteiger charge is -2.26. The first-order valence-corrected chi connectivity index (χ1v) is 10.5. The number of furan rings is 1. The molecule has 2 heterocycles. The summed E-state index contributed by atoms with van der Waals surface area (Å²) >= 11 is 0. The number of nitrogens with zero attached hydrogens (tertiary/aromatic N) is 1. The van der Waals surface area contributed by atoms with Gasteiger partial charge in [0, 0.05) is 48.3 Å². The summed E-state index contributed by atoms with van der Waals surface area (Å²) in [6, 6.07) is 15.2. The molecule has 0 unspecified atom stereocenters. The van der Waals surface area contributed by atoms with Crippen LogP contribution in [0.4, 0.5) is 10.1 Å². The fourth-order valence-corrected chi connectivity index (χ4v) is 3.79. The van der Waals surface area contributed by atoms with Crippen LogP contribution in [0.25, 0.3) is 11.3 Å². The zero-order chi connectivity index (χ0) is 22.0. The highest BCUT2D eigenvalue weighted by Gasteiger charge is 2.25. The fourth-order valence-electron chi connectivity index (χ4n) is 3.79. The van der Waals surface area contributed by atoms with Crippen LogP contribution in [0, 0.1) is 11.7 Å². The van der Waals surface area contributed by atoms with Crippen LogP contribution >= 0.6 is 0 Å². The Hall–Kier alpha value is -3.41. The first-order chi connectivity index (χ1) is 14.9. The van der Waals surface area contributed by atoms with Crippen molar-refractivity contribution in [2.45, 2.75) is 33.2 Å². The number of hydrogen-bond donors (Lipinski definition) is 1. The van der Waals surface area contributed by atoms with E-state index in [1.54, 1.807) is 17.0 Å². The van der Waals surface area contributed by atoms with Gasteiger partial charge in [-0.15, -0.1) is 0 Å². The molecule has 3 aromatic rings. The van der Waals surface area contributed by atoms with Gasteiger partial charge in [0.25, 0.3) is 5.91 Å². The van der Waals surface area contributed by atoms with Crippen molar-refractivity contribution < 1.29 is 18.4 Å². The Balaban J connectivity index is 1.50. The molecule has 5 nitrogen and oxygen atoms in total. The fraction of sp³-hybridized carbons (Fsp3) is 0.280. The molecule has 0 saturated heterocycles. The van der Waals surface area contributed by atoms with E-state index in [4.69, 9.17) is 4.42 Å². The molecule has 2 amide bonds. The maximum absolute atomic E-state index is 13.5. The molecule has 4 rings (SSSR count). The topological polar surface area (TPSA) is 62.6 Å². The molecule has 160 valence electrons. The first-order valence-electron chi connectivity index (χ1n) is 10.5. The molecule has 0 aliphatic carbocycles. The predicted molar refractivity (Wildman–Crippen MR) is 117 cm³/mol. The van der Waals surface area contributed by atoms with Crippen molar-refractivity contribution in [2.24, 2.45) is 5.92 Å². The molecule has 0 bridgehead atoms. The molecule has 0 fully saturated rings. The second kappa shape index (κ2) is 8.76. The van der Waals surface area contributed by atoms with Crippen molar-refractivity contribution in [3.63, 3.8) is 0 Å². The van der Waals surface area contributed by atoms with Crippen LogP contribution in [-0.4, -0.2) is 23.3 Å². The minimum absolute atomic E-state index is 0.0163. The summed E-state index contributed by atoms with van der Waals surface area (Å²) in [5, 5.41) is 2.93. The summed E-state index contributed by atoms with van der Waals surface area (Å²) in [6.07, 6.45) is 1.07. The van der Waals surface area contributed by atoms with Gasteiger partial charge < -0.3 is 14.6 Å². The smallest absolute Gasteiger partial charge is 0.254 e. The van der Waals surface area contributed by atoms with Crippen molar-refractivity contribution in [2.75, 3.05) is 11.9 Å². The van der Waals surface area contributed by atoms with Gasteiger partial charge in [0.2, 0.25) is 5.91 Å². The molecule has 0 saturated carbocycles. The van der Waals surface area contributed by atoms with Gasteiger partial charge in [-0.3, -0.25) is 9.59 Å². The molecular weight excluding hydrogens is 395 g/mol. The molecule has 1 N–H and O–H groups in total. The van der Waals surface area contributed by atoms with E-state index in [0.29, 0.717) is 37.3 Å². The van der Waals surface area contributed by atoms with Gasteiger partial charge in [0.1, 0.15) is 17.3 Å². The van der Waals surface area contributed by atoms with Gasteiger partial charge in [-0.1, -0.05) is 32.0 Å². The van der Waals surface area contributed by atoms with Gasteiger partial charge in [0.15, 0.2) is 0 Å². The molecule has 0 radical (unpaired) electrons. The van der Waals surface area contributed by atoms with Crippen LogP contribution in [0.15, 0.2) is 59.0 Å². The number of fused-ring (bicyclic) bond motifs is 1. The first kappa shape index (κ1) is 20.8. The molecular formula is C25H25FN2O3. The molecule has 6 heteroatoms. The minimum Gasteiger partial charge on any atom is -0.461 e. The zero-order valence-corrected chi connectivity index (χ0v) is 17.7. The molecule has 31 heavy (non-hydrogen) atoms. The Morgan fingerprint density at radius 1 is 1.13 bits per heavy atom. The number of hydrogen-bond acceptors (Lipinski definition) is 3. The number of amides is 2. The average molecular weight is 420 g/mol. The Bertz CT molecular complexity index is 1120. The lowest BCUT2D eigenvalue weighted by Crippen LogP contribution is -2.35. The van der Waals surface area contributed by atoms with Crippen LogP contribution in [0.5, 0.6) is 0 Å². The van der Waals surface area contributed by atoms with E-state index in [0.717, 1.165) is 22.6 Å².